The number of hydrogen-bond donors (Lipinski definition) is 2. The zero-order valence-corrected chi connectivity index (χ0v) is 7.29. The summed E-state index contributed by atoms with van der Waals surface area (Å²) in [4.78, 5) is 11.1. The van der Waals surface area contributed by atoms with Crippen molar-refractivity contribution in [1.82, 2.24) is 10.9 Å². The summed E-state index contributed by atoms with van der Waals surface area (Å²) in [6.45, 7) is 0.815. The number of hydrazine groups is 1. The predicted octanol–water partition coefficient (Wildman–Crippen LogP) is 0.795. The van der Waals surface area contributed by atoms with Crippen LogP contribution in [0.2, 0.25) is 0 Å². The molecule has 0 bridgehead atoms. The molecule has 13 heavy (non-hydrogen) atoms. The Morgan fingerprint density at radius 1 is 1.23 bits per heavy atom. The molecule has 1 fully saturated rings. The second-order valence-electron chi connectivity index (χ2n) is 3.24. The molecule has 1 atom stereocenters. The van der Waals surface area contributed by atoms with E-state index >= 15 is 0 Å². The van der Waals surface area contributed by atoms with Gasteiger partial charge in [0, 0.05) is 18.9 Å². The Balaban J connectivity index is 2.13. The molecule has 1 aliphatic heterocycles. The van der Waals surface area contributed by atoms with E-state index in [1.54, 1.807) is 0 Å². The average molecular weight is 176 g/mol. The van der Waals surface area contributed by atoms with Gasteiger partial charge in [0.05, 0.1) is 0 Å². The zero-order valence-electron chi connectivity index (χ0n) is 7.29. The van der Waals surface area contributed by atoms with Gasteiger partial charge in [0.25, 0.3) is 0 Å². The third-order valence-electron chi connectivity index (χ3n) is 2.28. The molecule has 1 aromatic carbocycles. The molecule has 3 heteroatoms. The number of benzene rings is 1. The summed E-state index contributed by atoms with van der Waals surface area (Å²) in [5.41, 5.74) is 6.70. The Hall–Kier alpha value is -1.35. The van der Waals surface area contributed by atoms with E-state index in [4.69, 9.17) is 0 Å². The van der Waals surface area contributed by atoms with Gasteiger partial charge in [-0.25, -0.2) is 5.43 Å². The average Bonchev–Trinajstić information content (AvgIpc) is 2.19. The summed E-state index contributed by atoms with van der Waals surface area (Å²) in [6.07, 6.45) is 0.580. The maximum Gasteiger partial charge on any atom is 0.234 e. The van der Waals surface area contributed by atoms with Crippen molar-refractivity contribution in [2.24, 2.45) is 0 Å². The first kappa shape index (κ1) is 8.26. The van der Waals surface area contributed by atoms with Crippen LogP contribution in [0.1, 0.15) is 17.9 Å². The first-order valence-electron chi connectivity index (χ1n) is 4.43. The lowest BCUT2D eigenvalue weighted by atomic mass is 9.95. The van der Waals surface area contributed by atoms with E-state index in [-0.39, 0.29) is 5.91 Å². The van der Waals surface area contributed by atoms with Gasteiger partial charge in [0.15, 0.2) is 0 Å². The van der Waals surface area contributed by atoms with Crippen LogP contribution in [0, 0.1) is 0 Å². The van der Waals surface area contributed by atoms with Crippen LogP contribution in [-0.4, -0.2) is 12.5 Å². The summed E-state index contributed by atoms with van der Waals surface area (Å²) in [6, 6.07) is 10.1. The van der Waals surface area contributed by atoms with Crippen LogP contribution in [0.4, 0.5) is 0 Å². The first-order chi connectivity index (χ1) is 6.36. The summed E-state index contributed by atoms with van der Waals surface area (Å²) in [7, 11) is 0. The minimum Gasteiger partial charge on any atom is -0.292 e. The number of carbonyl (C=O) groups is 1. The maximum absolute atomic E-state index is 11.1. The van der Waals surface area contributed by atoms with Crippen LogP contribution in [0.5, 0.6) is 0 Å². The highest BCUT2D eigenvalue weighted by atomic mass is 16.2. The number of rotatable bonds is 1. The van der Waals surface area contributed by atoms with Crippen molar-refractivity contribution in [2.45, 2.75) is 12.3 Å². The standard InChI is InChI=1S/C10H12N2O/c13-10-6-9(7-11-12-10)8-4-2-1-3-5-8/h1-5,9,11H,6-7H2,(H,12,13). The van der Waals surface area contributed by atoms with Gasteiger partial charge in [-0.3, -0.25) is 10.2 Å². The molecule has 0 saturated carbocycles. The van der Waals surface area contributed by atoms with Gasteiger partial charge >= 0.3 is 0 Å². The molecule has 68 valence electrons. The molecule has 1 aromatic rings. The van der Waals surface area contributed by atoms with Crippen molar-refractivity contribution in [3.8, 4) is 0 Å². The third-order valence-corrected chi connectivity index (χ3v) is 2.28. The van der Waals surface area contributed by atoms with Crippen molar-refractivity contribution >= 4 is 5.91 Å². The van der Waals surface area contributed by atoms with Gasteiger partial charge in [-0.05, 0) is 5.56 Å². The molecule has 0 aliphatic carbocycles. The zero-order chi connectivity index (χ0) is 9.10. The first-order valence-corrected chi connectivity index (χ1v) is 4.43. The third kappa shape index (κ3) is 1.87. The van der Waals surface area contributed by atoms with E-state index in [2.05, 4.69) is 23.0 Å². The molecule has 1 heterocycles. The Morgan fingerprint density at radius 2 is 2.00 bits per heavy atom. The summed E-state index contributed by atoms with van der Waals surface area (Å²) in [5.74, 6) is 0.384. The van der Waals surface area contributed by atoms with Gasteiger partial charge < -0.3 is 0 Å². The molecule has 1 amide bonds. The van der Waals surface area contributed by atoms with Gasteiger partial charge in [-0.2, -0.15) is 0 Å². The Labute approximate surface area is 77.1 Å². The molecular formula is C10H12N2O. The number of amides is 1. The molecule has 0 radical (unpaired) electrons. The molecule has 0 spiro atoms. The van der Waals surface area contributed by atoms with Gasteiger partial charge in [0.1, 0.15) is 0 Å². The monoisotopic (exact) mass is 176 g/mol. The lowest BCUT2D eigenvalue weighted by Crippen LogP contribution is -2.45. The van der Waals surface area contributed by atoms with Crippen molar-refractivity contribution in [3.05, 3.63) is 35.9 Å². The quantitative estimate of drug-likeness (QED) is 0.664. The van der Waals surface area contributed by atoms with Crippen molar-refractivity contribution in [2.75, 3.05) is 6.54 Å². The second-order valence-corrected chi connectivity index (χ2v) is 3.24. The van der Waals surface area contributed by atoms with E-state index in [1.165, 1.54) is 5.56 Å². The van der Waals surface area contributed by atoms with E-state index in [9.17, 15) is 4.79 Å². The fraction of sp³-hybridized carbons (Fsp3) is 0.300. The Morgan fingerprint density at radius 3 is 2.69 bits per heavy atom. The lowest BCUT2D eigenvalue weighted by Gasteiger charge is -2.23. The smallest absolute Gasteiger partial charge is 0.234 e. The largest absolute Gasteiger partial charge is 0.292 e. The minimum atomic E-state index is 0.0695. The molecule has 3 nitrogen and oxygen atoms in total. The van der Waals surface area contributed by atoms with E-state index < -0.39 is 0 Å². The fourth-order valence-corrected chi connectivity index (χ4v) is 1.58. The number of nitrogens with one attached hydrogen (secondary N) is 2. The highest BCUT2D eigenvalue weighted by Gasteiger charge is 2.19. The summed E-state index contributed by atoms with van der Waals surface area (Å²) >= 11 is 0. The van der Waals surface area contributed by atoms with E-state index in [0.29, 0.717) is 12.3 Å². The molecule has 2 rings (SSSR count). The van der Waals surface area contributed by atoms with Crippen LogP contribution in [0.25, 0.3) is 0 Å². The maximum atomic E-state index is 11.1. The molecule has 1 saturated heterocycles. The molecule has 2 N–H and O–H groups in total. The number of carbonyl (C=O) groups excluding carboxylic acids is 1. The molecule has 1 aliphatic rings. The van der Waals surface area contributed by atoms with Crippen LogP contribution < -0.4 is 10.9 Å². The van der Waals surface area contributed by atoms with Crippen molar-refractivity contribution in [1.29, 1.82) is 0 Å². The van der Waals surface area contributed by atoms with Crippen LogP contribution in [0.15, 0.2) is 30.3 Å². The Kier molecular flexibility index (Phi) is 2.27. The van der Waals surface area contributed by atoms with Gasteiger partial charge in [0.2, 0.25) is 5.91 Å². The summed E-state index contributed by atoms with van der Waals surface area (Å²) < 4.78 is 0. The molecule has 1 unspecified atom stereocenters. The van der Waals surface area contributed by atoms with Crippen molar-refractivity contribution in [3.63, 3.8) is 0 Å². The van der Waals surface area contributed by atoms with Gasteiger partial charge in [-0.15, -0.1) is 0 Å². The topological polar surface area (TPSA) is 41.1 Å². The highest BCUT2D eigenvalue weighted by molar-refractivity contribution is 5.77. The van der Waals surface area contributed by atoms with Crippen molar-refractivity contribution < 1.29 is 4.79 Å². The molecule has 0 aromatic heterocycles. The molecular weight excluding hydrogens is 164 g/mol. The van der Waals surface area contributed by atoms with Crippen LogP contribution >= 0.6 is 0 Å². The summed E-state index contributed by atoms with van der Waals surface area (Å²) in [5, 5.41) is 0. The van der Waals surface area contributed by atoms with E-state index in [1.807, 2.05) is 18.2 Å². The normalized spacial score (nSPS) is 22.5. The SMILES string of the molecule is O=C1CC(c2ccccc2)CNN1. The fourth-order valence-electron chi connectivity index (χ4n) is 1.58. The van der Waals surface area contributed by atoms with Crippen LogP contribution in [-0.2, 0) is 4.79 Å². The minimum absolute atomic E-state index is 0.0695. The Bertz CT molecular complexity index is 297. The predicted molar refractivity (Wildman–Crippen MR) is 49.9 cm³/mol. The van der Waals surface area contributed by atoms with Gasteiger partial charge in [-0.1, -0.05) is 30.3 Å². The number of hydrogen-bond acceptors (Lipinski definition) is 2. The second kappa shape index (κ2) is 3.58. The lowest BCUT2D eigenvalue weighted by molar-refractivity contribution is -0.123. The van der Waals surface area contributed by atoms with Crippen LogP contribution in [0.3, 0.4) is 0 Å². The highest BCUT2D eigenvalue weighted by Crippen LogP contribution is 2.19. The van der Waals surface area contributed by atoms with E-state index in [0.717, 1.165) is 6.54 Å².